The van der Waals surface area contributed by atoms with Gasteiger partial charge in [-0.15, -0.1) is 0 Å². The average Bonchev–Trinajstić information content (AvgIpc) is 3.15. The number of aryl methyl sites for hydroxylation is 1. The summed E-state index contributed by atoms with van der Waals surface area (Å²) in [5.74, 6) is 1.06. The molecular weight excluding hydrogens is 328 g/mol. The van der Waals surface area contributed by atoms with Crippen molar-refractivity contribution in [2.75, 3.05) is 11.9 Å². The second kappa shape index (κ2) is 8.34. The number of benzene rings is 2. The summed E-state index contributed by atoms with van der Waals surface area (Å²) < 4.78 is 11.0. The first kappa shape index (κ1) is 17.7. The summed E-state index contributed by atoms with van der Waals surface area (Å²) in [5.41, 5.74) is 2.94. The van der Waals surface area contributed by atoms with Gasteiger partial charge in [-0.3, -0.25) is 4.79 Å². The molecule has 3 aromatic rings. The Morgan fingerprint density at radius 3 is 2.54 bits per heavy atom. The minimum Gasteiger partial charge on any atom is -0.494 e. The van der Waals surface area contributed by atoms with E-state index in [0.29, 0.717) is 12.4 Å². The molecule has 0 fully saturated rings. The molecule has 0 unspecified atom stereocenters. The van der Waals surface area contributed by atoms with Crippen molar-refractivity contribution in [1.82, 2.24) is 5.16 Å². The van der Waals surface area contributed by atoms with E-state index in [4.69, 9.17) is 9.26 Å². The number of aromatic nitrogens is 1. The first-order valence-corrected chi connectivity index (χ1v) is 8.73. The van der Waals surface area contributed by atoms with E-state index in [-0.39, 0.29) is 11.6 Å². The van der Waals surface area contributed by atoms with Gasteiger partial charge < -0.3 is 14.6 Å². The fourth-order valence-corrected chi connectivity index (χ4v) is 2.40. The zero-order valence-electron chi connectivity index (χ0n) is 15.0. The predicted octanol–water partition coefficient (Wildman–Crippen LogP) is 5.08. The van der Waals surface area contributed by atoms with Gasteiger partial charge in [-0.1, -0.05) is 36.2 Å². The number of unbranched alkanes of at least 4 members (excludes halogenated alkanes) is 1. The van der Waals surface area contributed by atoms with Crippen molar-refractivity contribution in [3.63, 3.8) is 0 Å². The molecule has 0 saturated carbocycles. The van der Waals surface area contributed by atoms with Crippen molar-refractivity contribution in [2.24, 2.45) is 0 Å². The SMILES string of the molecule is CCCCOc1ccc(-c2cc(C(=O)Nc3ccc(C)cc3)no2)cc1. The Morgan fingerprint density at radius 2 is 1.85 bits per heavy atom. The summed E-state index contributed by atoms with van der Waals surface area (Å²) in [7, 11) is 0. The lowest BCUT2D eigenvalue weighted by atomic mass is 10.1. The second-order valence-electron chi connectivity index (χ2n) is 6.12. The highest BCUT2D eigenvalue weighted by molar-refractivity contribution is 6.03. The van der Waals surface area contributed by atoms with Crippen molar-refractivity contribution in [3.05, 3.63) is 65.9 Å². The van der Waals surface area contributed by atoms with Crippen molar-refractivity contribution < 1.29 is 14.1 Å². The van der Waals surface area contributed by atoms with E-state index >= 15 is 0 Å². The third kappa shape index (κ3) is 4.51. The van der Waals surface area contributed by atoms with E-state index in [1.165, 1.54) is 0 Å². The Balaban J connectivity index is 1.65. The summed E-state index contributed by atoms with van der Waals surface area (Å²) in [6.07, 6.45) is 2.13. The highest BCUT2D eigenvalue weighted by Crippen LogP contribution is 2.24. The van der Waals surface area contributed by atoms with Gasteiger partial charge in [0.1, 0.15) is 5.75 Å². The van der Waals surface area contributed by atoms with Crippen LogP contribution in [0.5, 0.6) is 5.75 Å². The summed E-state index contributed by atoms with van der Waals surface area (Å²) in [6.45, 7) is 4.83. The van der Waals surface area contributed by atoms with Crippen LogP contribution < -0.4 is 10.1 Å². The zero-order valence-corrected chi connectivity index (χ0v) is 15.0. The molecule has 1 aromatic heterocycles. The third-order valence-corrected chi connectivity index (χ3v) is 3.96. The van der Waals surface area contributed by atoms with Crippen LogP contribution in [0.15, 0.2) is 59.1 Å². The normalized spacial score (nSPS) is 10.5. The standard InChI is InChI=1S/C21H22N2O3/c1-3-4-13-25-18-11-7-16(8-12-18)20-14-19(23-26-20)21(24)22-17-9-5-15(2)6-10-17/h5-12,14H,3-4,13H2,1-2H3,(H,22,24). The van der Waals surface area contributed by atoms with Crippen molar-refractivity contribution in [2.45, 2.75) is 26.7 Å². The zero-order chi connectivity index (χ0) is 18.4. The number of nitrogens with one attached hydrogen (secondary N) is 1. The Labute approximate surface area is 153 Å². The Bertz CT molecular complexity index is 852. The van der Waals surface area contributed by atoms with Crippen molar-refractivity contribution in [3.8, 4) is 17.1 Å². The second-order valence-corrected chi connectivity index (χ2v) is 6.12. The maximum atomic E-state index is 12.3. The minimum atomic E-state index is -0.302. The highest BCUT2D eigenvalue weighted by Gasteiger charge is 2.14. The molecule has 1 heterocycles. The van der Waals surface area contributed by atoms with Crippen molar-refractivity contribution in [1.29, 1.82) is 0 Å². The largest absolute Gasteiger partial charge is 0.494 e. The topological polar surface area (TPSA) is 64.4 Å². The molecule has 0 saturated heterocycles. The molecule has 0 radical (unpaired) electrons. The molecule has 1 amide bonds. The minimum absolute atomic E-state index is 0.240. The molecule has 0 atom stereocenters. The number of carbonyl (C=O) groups excluding carboxylic acids is 1. The number of nitrogens with zero attached hydrogens (tertiary/aromatic N) is 1. The van der Waals surface area contributed by atoms with E-state index in [2.05, 4.69) is 17.4 Å². The maximum Gasteiger partial charge on any atom is 0.277 e. The van der Waals surface area contributed by atoms with Gasteiger partial charge in [0.15, 0.2) is 11.5 Å². The molecule has 0 aliphatic heterocycles. The smallest absolute Gasteiger partial charge is 0.277 e. The first-order valence-electron chi connectivity index (χ1n) is 8.73. The number of amides is 1. The Kier molecular flexibility index (Phi) is 5.69. The molecule has 26 heavy (non-hydrogen) atoms. The van der Waals surface area contributed by atoms with Crippen LogP contribution in [0.1, 0.15) is 35.8 Å². The maximum absolute atomic E-state index is 12.3. The molecule has 3 rings (SSSR count). The lowest BCUT2D eigenvalue weighted by Gasteiger charge is -2.05. The summed E-state index contributed by atoms with van der Waals surface area (Å²) in [5, 5.41) is 6.68. The summed E-state index contributed by atoms with van der Waals surface area (Å²) in [4.78, 5) is 12.3. The van der Waals surface area contributed by atoms with Gasteiger partial charge in [-0.2, -0.15) is 0 Å². The van der Waals surface area contributed by atoms with E-state index in [1.807, 2.05) is 55.5 Å². The van der Waals surface area contributed by atoms with Gasteiger partial charge in [-0.25, -0.2) is 0 Å². The number of ether oxygens (including phenoxy) is 1. The molecular formula is C21H22N2O3. The number of hydrogen-bond acceptors (Lipinski definition) is 4. The average molecular weight is 350 g/mol. The lowest BCUT2D eigenvalue weighted by molar-refractivity contribution is 0.101. The van der Waals surface area contributed by atoms with Gasteiger partial charge in [0.25, 0.3) is 5.91 Å². The quantitative estimate of drug-likeness (QED) is 0.603. The van der Waals surface area contributed by atoms with E-state index in [9.17, 15) is 4.79 Å². The first-order chi connectivity index (χ1) is 12.7. The van der Waals surface area contributed by atoms with Crippen LogP contribution in [-0.4, -0.2) is 17.7 Å². The van der Waals surface area contributed by atoms with Crippen LogP contribution in [0, 0.1) is 6.92 Å². The van der Waals surface area contributed by atoms with E-state index in [0.717, 1.165) is 35.4 Å². The van der Waals surface area contributed by atoms with Gasteiger partial charge in [0, 0.05) is 17.3 Å². The molecule has 0 bridgehead atoms. The molecule has 0 spiro atoms. The van der Waals surface area contributed by atoms with Crippen LogP contribution in [0.3, 0.4) is 0 Å². The molecule has 1 N–H and O–H groups in total. The number of anilines is 1. The van der Waals surface area contributed by atoms with Crippen molar-refractivity contribution >= 4 is 11.6 Å². The molecule has 0 aliphatic carbocycles. The third-order valence-electron chi connectivity index (χ3n) is 3.96. The number of hydrogen-bond donors (Lipinski definition) is 1. The summed E-state index contributed by atoms with van der Waals surface area (Å²) in [6, 6.07) is 16.8. The fourth-order valence-electron chi connectivity index (χ4n) is 2.40. The van der Waals surface area contributed by atoms with Gasteiger partial charge in [0.05, 0.1) is 6.61 Å². The van der Waals surface area contributed by atoms with Gasteiger partial charge in [-0.05, 0) is 49.7 Å². The fraction of sp³-hybridized carbons (Fsp3) is 0.238. The number of carbonyl (C=O) groups is 1. The molecule has 134 valence electrons. The molecule has 5 nitrogen and oxygen atoms in total. The van der Waals surface area contributed by atoms with Crippen LogP contribution in [0.25, 0.3) is 11.3 Å². The van der Waals surface area contributed by atoms with Crippen LogP contribution in [-0.2, 0) is 0 Å². The molecule has 5 heteroatoms. The Hall–Kier alpha value is -3.08. The Morgan fingerprint density at radius 1 is 1.12 bits per heavy atom. The van der Waals surface area contributed by atoms with Crippen LogP contribution in [0.2, 0.25) is 0 Å². The van der Waals surface area contributed by atoms with Crippen LogP contribution >= 0.6 is 0 Å². The van der Waals surface area contributed by atoms with Gasteiger partial charge >= 0.3 is 0 Å². The summed E-state index contributed by atoms with van der Waals surface area (Å²) >= 11 is 0. The van der Waals surface area contributed by atoms with E-state index < -0.39 is 0 Å². The number of rotatable bonds is 7. The van der Waals surface area contributed by atoms with E-state index in [1.54, 1.807) is 6.07 Å². The predicted molar refractivity (Wildman–Crippen MR) is 101 cm³/mol. The van der Waals surface area contributed by atoms with Gasteiger partial charge in [0.2, 0.25) is 0 Å². The lowest BCUT2D eigenvalue weighted by Crippen LogP contribution is -2.11. The molecule has 2 aromatic carbocycles. The highest BCUT2D eigenvalue weighted by atomic mass is 16.5. The molecule has 0 aliphatic rings. The van der Waals surface area contributed by atoms with Crippen LogP contribution in [0.4, 0.5) is 5.69 Å². The monoisotopic (exact) mass is 350 g/mol.